The van der Waals surface area contributed by atoms with E-state index < -0.39 is 16.1 Å². The molecule has 0 bridgehead atoms. The highest BCUT2D eigenvalue weighted by atomic mass is 32.2. The quantitative estimate of drug-likeness (QED) is 0.863. The molecule has 5 nitrogen and oxygen atoms in total. The number of benzene rings is 1. The predicted octanol–water partition coefficient (Wildman–Crippen LogP) is 2.37. The van der Waals surface area contributed by atoms with Crippen LogP contribution in [0.3, 0.4) is 0 Å². The summed E-state index contributed by atoms with van der Waals surface area (Å²) in [5, 5.41) is 0. The first kappa shape index (κ1) is 16.0. The van der Waals surface area contributed by atoms with Gasteiger partial charge in [-0.25, -0.2) is 12.8 Å². The van der Waals surface area contributed by atoms with E-state index in [2.05, 4.69) is 4.98 Å². The second-order valence-corrected chi connectivity index (χ2v) is 7.44. The highest BCUT2D eigenvalue weighted by Crippen LogP contribution is 2.28. The molecule has 0 radical (unpaired) electrons. The lowest BCUT2D eigenvalue weighted by molar-refractivity contribution is -0.0557. The van der Waals surface area contributed by atoms with Crippen LogP contribution in [0.1, 0.15) is 18.6 Å². The van der Waals surface area contributed by atoms with Crippen LogP contribution in [0.25, 0.3) is 0 Å². The Kier molecular flexibility index (Phi) is 4.43. The summed E-state index contributed by atoms with van der Waals surface area (Å²) in [5.74, 6) is -0.336. The van der Waals surface area contributed by atoms with Gasteiger partial charge in [-0.2, -0.15) is 4.31 Å². The van der Waals surface area contributed by atoms with E-state index in [4.69, 9.17) is 4.74 Å². The zero-order valence-electron chi connectivity index (χ0n) is 12.6. The Morgan fingerprint density at radius 2 is 1.96 bits per heavy atom. The number of aromatic nitrogens is 1. The molecule has 2 heterocycles. The third kappa shape index (κ3) is 3.41. The van der Waals surface area contributed by atoms with Gasteiger partial charge < -0.3 is 4.74 Å². The predicted molar refractivity (Wildman–Crippen MR) is 82.7 cm³/mol. The number of rotatable bonds is 3. The molecular weight excluding hydrogens is 319 g/mol. The molecule has 3 rings (SSSR count). The summed E-state index contributed by atoms with van der Waals surface area (Å²) >= 11 is 0. The number of ether oxygens (including phenoxy) is 1. The van der Waals surface area contributed by atoms with Crippen molar-refractivity contribution < 1.29 is 17.5 Å². The molecule has 1 aromatic heterocycles. The van der Waals surface area contributed by atoms with Crippen molar-refractivity contribution in [3.05, 3.63) is 60.2 Å². The first-order chi connectivity index (χ1) is 11.0. The highest BCUT2D eigenvalue weighted by Gasteiger charge is 2.34. The molecule has 23 heavy (non-hydrogen) atoms. The summed E-state index contributed by atoms with van der Waals surface area (Å²) in [4.78, 5) is 4.03. The minimum atomic E-state index is -3.63. The number of sulfonamides is 1. The molecule has 0 saturated carbocycles. The molecule has 0 spiro atoms. The number of nitrogens with zero attached hydrogens (tertiary/aromatic N) is 2. The minimum absolute atomic E-state index is 0.159. The third-order valence-corrected chi connectivity index (χ3v) is 5.56. The molecule has 7 heteroatoms. The van der Waals surface area contributed by atoms with Crippen LogP contribution < -0.4 is 0 Å². The van der Waals surface area contributed by atoms with Crippen LogP contribution in [-0.4, -0.2) is 36.9 Å². The summed E-state index contributed by atoms with van der Waals surface area (Å²) in [6.45, 7) is 2.28. The van der Waals surface area contributed by atoms with E-state index in [1.165, 1.54) is 34.9 Å². The van der Waals surface area contributed by atoms with Crippen molar-refractivity contribution in [2.75, 3.05) is 13.1 Å². The average Bonchev–Trinajstić information content (AvgIpc) is 2.56. The molecule has 122 valence electrons. The van der Waals surface area contributed by atoms with Gasteiger partial charge in [0.05, 0.1) is 12.2 Å². The number of morpholine rings is 1. The molecule has 0 N–H and O–H groups in total. The Labute approximate surface area is 134 Å². The fourth-order valence-corrected chi connectivity index (χ4v) is 4.10. The number of hydrogen-bond donors (Lipinski definition) is 0. The van der Waals surface area contributed by atoms with E-state index in [0.29, 0.717) is 0 Å². The molecule has 1 aliphatic heterocycles. The fraction of sp³-hybridized carbons (Fsp3) is 0.312. The lowest BCUT2D eigenvalue weighted by atomic mass is 10.1. The van der Waals surface area contributed by atoms with Crippen molar-refractivity contribution in [1.82, 2.24) is 9.29 Å². The smallest absolute Gasteiger partial charge is 0.244 e. The molecule has 0 amide bonds. The van der Waals surface area contributed by atoms with Crippen molar-refractivity contribution >= 4 is 10.0 Å². The van der Waals surface area contributed by atoms with Gasteiger partial charge in [0, 0.05) is 25.5 Å². The van der Waals surface area contributed by atoms with Gasteiger partial charge >= 0.3 is 0 Å². The van der Waals surface area contributed by atoms with Crippen LogP contribution in [0, 0.1) is 5.82 Å². The van der Waals surface area contributed by atoms with E-state index in [-0.39, 0.29) is 29.9 Å². The zero-order chi connectivity index (χ0) is 16.4. The van der Waals surface area contributed by atoms with E-state index in [1.807, 2.05) is 6.92 Å². The van der Waals surface area contributed by atoms with Crippen molar-refractivity contribution in [2.45, 2.75) is 24.0 Å². The van der Waals surface area contributed by atoms with Gasteiger partial charge in [-0.15, -0.1) is 0 Å². The van der Waals surface area contributed by atoms with E-state index in [0.717, 1.165) is 5.56 Å². The van der Waals surface area contributed by atoms with Crippen LogP contribution >= 0.6 is 0 Å². The van der Waals surface area contributed by atoms with Crippen molar-refractivity contribution in [2.24, 2.45) is 0 Å². The number of hydrogen-bond acceptors (Lipinski definition) is 4. The Hall–Kier alpha value is -1.83. The second-order valence-electron chi connectivity index (χ2n) is 5.50. The molecule has 2 atom stereocenters. The Morgan fingerprint density at radius 3 is 2.61 bits per heavy atom. The Balaban J connectivity index is 1.87. The van der Waals surface area contributed by atoms with Gasteiger partial charge in [0.2, 0.25) is 10.0 Å². The SMILES string of the molecule is C[C@@H]1CN(S(=O)(=O)c2cccnc2)C[C@H](c2ccc(F)cc2)O1. The van der Waals surface area contributed by atoms with Crippen LogP contribution in [0.4, 0.5) is 4.39 Å². The first-order valence-electron chi connectivity index (χ1n) is 7.28. The van der Waals surface area contributed by atoms with Gasteiger partial charge in [-0.05, 0) is 36.8 Å². The normalized spacial score (nSPS) is 22.9. The van der Waals surface area contributed by atoms with E-state index >= 15 is 0 Å². The van der Waals surface area contributed by atoms with Crippen molar-refractivity contribution in [3.63, 3.8) is 0 Å². The molecule has 2 aromatic rings. The molecule has 0 aliphatic carbocycles. The monoisotopic (exact) mass is 336 g/mol. The van der Waals surface area contributed by atoms with Crippen LogP contribution in [0.5, 0.6) is 0 Å². The van der Waals surface area contributed by atoms with Crippen LogP contribution in [0.2, 0.25) is 0 Å². The topological polar surface area (TPSA) is 59.5 Å². The Morgan fingerprint density at radius 1 is 1.22 bits per heavy atom. The van der Waals surface area contributed by atoms with Gasteiger partial charge in [0.1, 0.15) is 10.7 Å². The average molecular weight is 336 g/mol. The van der Waals surface area contributed by atoms with E-state index in [9.17, 15) is 12.8 Å². The largest absolute Gasteiger partial charge is 0.368 e. The maximum atomic E-state index is 13.1. The maximum Gasteiger partial charge on any atom is 0.244 e. The van der Waals surface area contributed by atoms with Gasteiger partial charge in [-0.3, -0.25) is 4.98 Å². The summed E-state index contributed by atoms with van der Waals surface area (Å²) in [6, 6.07) is 9.04. The molecule has 0 unspecified atom stereocenters. The van der Waals surface area contributed by atoms with Gasteiger partial charge in [-0.1, -0.05) is 12.1 Å². The standard InChI is InChI=1S/C16H17FN2O3S/c1-12-10-19(23(20,21)15-3-2-8-18-9-15)11-16(22-12)13-4-6-14(17)7-5-13/h2-9,12,16H,10-11H2,1H3/t12-,16-/m1/s1. The number of halogens is 1. The van der Waals surface area contributed by atoms with Gasteiger partial charge in [0.25, 0.3) is 0 Å². The molecule has 1 aliphatic rings. The third-order valence-electron chi connectivity index (χ3n) is 3.74. The van der Waals surface area contributed by atoms with Crippen molar-refractivity contribution in [1.29, 1.82) is 0 Å². The summed E-state index contributed by atoms with van der Waals surface area (Å²) in [7, 11) is -3.63. The summed E-state index contributed by atoms with van der Waals surface area (Å²) in [6.07, 6.45) is 2.18. The summed E-state index contributed by atoms with van der Waals surface area (Å²) in [5.41, 5.74) is 0.754. The molecular formula is C16H17FN2O3S. The number of pyridine rings is 1. The van der Waals surface area contributed by atoms with Crippen molar-refractivity contribution in [3.8, 4) is 0 Å². The molecule has 1 fully saturated rings. The van der Waals surface area contributed by atoms with Crippen LogP contribution in [0.15, 0.2) is 53.7 Å². The fourth-order valence-electron chi connectivity index (χ4n) is 2.62. The summed E-state index contributed by atoms with van der Waals surface area (Å²) < 4.78 is 45.8. The van der Waals surface area contributed by atoms with E-state index in [1.54, 1.807) is 18.2 Å². The first-order valence-corrected chi connectivity index (χ1v) is 8.72. The van der Waals surface area contributed by atoms with Gasteiger partial charge in [0.15, 0.2) is 0 Å². The lowest BCUT2D eigenvalue weighted by Crippen LogP contribution is -2.45. The maximum absolute atomic E-state index is 13.1. The second kappa shape index (κ2) is 6.35. The minimum Gasteiger partial charge on any atom is -0.368 e. The molecule has 1 aromatic carbocycles. The zero-order valence-corrected chi connectivity index (χ0v) is 13.4. The molecule has 1 saturated heterocycles. The van der Waals surface area contributed by atoms with Crippen LogP contribution in [-0.2, 0) is 14.8 Å². The Bertz CT molecular complexity index is 766. The highest BCUT2D eigenvalue weighted by molar-refractivity contribution is 7.89. The lowest BCUT2D eigenvalue weighted by Gasteiger charge is -2.36.